The van der Waals surface area contributed by atoms with Crippen molar-refractivity contribution in [1.82, 2.24) is 4.90 Å². The molecule has 1 N–H and O–H groups in total. The molecule has 1 atom stereocenters. The number of allylic oxidation sites excluding steroid dienone is 1. The van der Waals surface area contributed by atoms with E-state index in [1.165, 1.54) is 6.92 Å². The first-order valence-electron chi connectivity index (χ1n) is 8.83. The quantitative estimate of drug-likeness (QED) is 0.766. The fourth-order valence-corrected chi connectivity index (χ4v) is 1.73. The van der Waals surface area contributed by atoms with Gasteiger partial charge in [0.1, 0.15) is 6.29 Å². The van der Waals surface area contributed by atoms with Crippen LogP contribution in [0.5, 0.6) is 0 Å². The molecule has 0 saturated carbocycles. The minimum Gasteiger partial charge on any atom is -0.389 e. The number of nitrogens with zero attached hydrogens (tertiary/aromatic N) is 1. The predicted molar refractivity (Wildman–Crippen MR) is 106 cm³/mol. The van der Waals surface area contributed by atoms with Gasteiger partial charge in [-0.2, -0.15) is 0 Å². The van der Waals surface area contributed by atoms with E-state index >= 15 is 0 Å². The topological polar surface area (TPSA) is 66.8 Å². The number of aldehydes is 1. The lowest BCUT2D eigenvalue weighted by Gasteiger charge is -2.27. The van der Waals surface area contributed by atoms with Crippen LogP contribution in [0, 0.1) is 0 Å². The molecule has 0 aromatic heterocycles. The van der Waals surface area contributed by atoms with Crippen LogP contribution in [0.25, 0.3) is 0 Å². The van der Waals surface area contributed by atoms with Crippen LogP contribution >= 0.6 is 0 Å². The minimum absolute atomic E-state index is 0.0283. The molecule has 5 nitrogen and oxygen atoms in total. The molecule has 0 fully saturated rings. The lowest BCUT2D eigenvalue weighted by molar-refractivity contribution is -0.127. The summed E-state index contributed by atoms with van der Waals surface area (Å²) in [7, 11) is 1.68. The van der Waals surface area contributed by atoms with Crippen LogP contribution in [-0.4, -0.2) is 55.1 Å². The molecule has 0 radical (unpaired) electrons. The maximum atomic E-state index is 12.0. The summed E-state index contributed by atoms with van der Waals surface area (Å²) in [4.78, 5) is 22.6. The van der Waals surface area contributed by atoms with Gasteiger partial charge in [0, 0.05) is 32.4 Å². The van der Waals surface area contributed by atoms with E-state index < -0.39 is 6.10 Å². The van der Waals surface area contributed by atoms with Gasteiger partial charge in [0.25, 0.3) is 5.91 Å². The van der Waals surface area contributed by atoms with Crippen molar-refractivity contribution in [3.05, 3.63) is 36.0 Å². The van der Waals surface area contributed by atoms with E-state index in [4.69, 9.17) is 4.79 Å². The van der Waals surface area contributed by atoms with Crippen molar-refractivity contribution in [3.63, 3.8) is 0 Å². The summed E-state index contributed by atoms with van der Waals surface area (Å²) in [6.45, 7) is 17.0. The van der Waals surface area contributed by atoms with E-state index in [-0.39, 0.29) is 5.91 Å². The van der Waals surface area contributed by atoms with Crippen molar-refractivity contribution in [2.75, 3.05) is 26.8 Å². The summed E-state index contributed by atoms with van der Waals surface area (Å²) in [5.41, 5.74) is 1.62. The molecule has 1 aliphatic rings. The summed E-state index contributed by atoms with van der Waals surface area (Å²) in [5, 5.41) is 9.19. The molecule has 0 aliphatic carbocycles. The average Bonchev–Trinajstić information content (AvgIpc) is 2.62. The molecule has 0 bridgehead atoms. The van der Waals surface area contributed by atoms with E-state index in [9.17, 15) is 9.90 Å². The van der Waals surface area contributed by atoms with Crippen LogP contribution in [0.4, 0.5) is 0 Å². The average molecular weight is 356 g/mol. The molecule has 0 aromatic carbocycles. The fourth-order valence-electron chi connectivity index (χ4n) is 1.73. The van der Waals surface area contributed by atoms with E-state index in [1.54, 1.807) is 37.2 Å². The highest BCUT2D eigenvalue weighted by Gasteiger charge is 2.22. The smallest absolute Gasteiger partial charge is 0.254 e. The SMILES string of the molecule is C=CC1=C(/C=C\C(C)O)C(=O)N(CC)CC1.CC.CC=O.CCOC. The van der Waals surface area contributed by atoms with Gasteiger partial charge in [-0.3, -0.25) is 4.79 Å². The van der Waals surface area contributed by atoms with Crippen molar-refractivity contribution in [2.45, 2.75) is 54.1 Å². The summed E-state index contributed by atoms with van der Waals surface area (Å²) >= 11 is 0. The highest BCUT2D eigenvalue weighted by atomic mass is 16.5. The molecule has 1 aliphatic heterocycles. The Kier molecular flexibility index (Phi) is 22.8. The molecular weight excluding hydrogens is 318 g/mol. The van der Waals surface area contributed by atoms with Gasteiger partial charge in [-0.25, -0.2) is 0 Å². The molecule has 25 heavy (non-hydrogen) atoms. The number of hydrogen-bond acceptors (Lipinski definition) is 4. The standard InChI is InChI=1S/C13H19NO2.C3H8O.C2H4O.C2H6/c1-4-11-8-9-14(5-2)13(16)12(11)7-6-10(3)15;1-3-4-2;1-2-3;1-2/h4,6-7,10,15H,1,5,8-9H2,2-3H3;3H2,1-2H3;2H,1H3;1-2H3/b7-6-;;;. The zero-order valence-electron chi connectivity index (χ0n) is 17.0. The highest BCUT2D eigenvalue weighted by Crippen LogP contribution is 2.21. The molecule has 1 amide bonds. The summed E-state index contributed by atoms with van der Waals surface area (Å²) in [6.07, 6.45) is 6.10. The Morgan fingerprint density at radius 1 is 1.36 bits per heavy atom. The van der Waals surface area contributed by atoms with Gasteiger partial charge in [-0.05, 0) is 39.7 Å². The second kappa shape index (κ2) is 20.3. The third-order valence-electron chi connectivity index (χ3n) is 2.97. The Balaban J connectivity index is -0.000000452. The van der Waals surface area contributed by atoms with Gasteiger partial charge < -0.3 is 19.5 Å². The van der Waals surface area contributed by atoms with Crippen molar-refractivity contribution >= 4 is 12.2 Å². The third kappa shape index (κ3) is 14.3. The molecule has 1 rings (SSSR count). The van der Waals surface area contributed by atoms with Gasteiger partial charge in [-0.15, -0.1) is 0 Å². The number of likely N-dealkylation sites (N-methyl/N-ethyl adjacent to an activating group) is 1. The number of carbonyl (C=O) groups excluding carboxylic acids is 2. The van der Waals surface area contributed by atoms with Crippen LogP contribution < -0.4 is 0 Å². The van der Waals surface area contributed by atoms with Crippen molar-refractivity contribution in [2.24, 2.45) is 0 Å². The maximum absolute atomic E-state index is 12.0. The first-order chi connectivity index (χ1) is 11.9. The van der Waals surface area contributed by atoms with Crippen molar-refractivity contribution in [3.8, 4) is 0 Å². The molecular formula is C20H37NO4. The van der Waals surface area contributed by atoms with Crippen LogP contribution in [0.15, 0.2) is 36.0 Å². The normalized spacial score (nSPS) is 14.4. The number of hydrogen-bond donors (Lipinski definition) is 1. The minimum atomic E-state index is -0.539. The Hall–Kier alpha value is -1.72. The largest absolute Gasteiger partial charge is 0.389 e. The van der Waals surface area contributed by atoms with E-state index in [0.29, 0.717) is 5.57 Å². The number of aliphatic hydroxyl groups is 1. The Bertz CT molecular complexity index is 410. The number of carbonyl (C=O) groups is 2. The first-order valence-corrected chi connectivity index (χ1v) is 8.83. The van der Waals surface area contributed by atoms with Gasteiger partial charge >= 0.3 is 0 Å². The Morgan fingerprint density at radius 3 is 2.16 bits per heavy atom. The van der Waals surface area contributed by atoms with E-state index in [0.717, 1.165) is 38.0 Å². The fraction of sp³-hybridized carbons (Fsp3) is 0.600. The van der Waals surface area contributed by atoms with E-state index in [1.807, 2.05) is 27.7 Å². The third-order valence-corrected chi connectivity index (χ3v) is 2.97. The number of aliphatic hydroxyl groups excluding tert-OH is 1. The zero-order valence-corrected chi connectivity index (χ0v) is 17.0. The Labute approximate surface area is 154 Å². The summed E-state index contributed by atoms with van der Waals surface area (Å²) in [5.74, 6) is 0.0283. The van der Waals surface area contributed by atoms with E-state index in [2.05, 4.69) is 11.3 Å². The lowest BCUT2D eigenvalue weighted by atomic mass is 9.98. The van der Waals surface area contributed by atoms with Gasteiger partial charge in [0.2, 0.25) is 0 Å². The van der Waals surface area contributed by atoms with Gasteiger partial charge in [0.15, 0.2) is 0 Å². The number of methoxy groups -OCH3 is 1. The van der Waals surface area contributed by atoms with Crippen LogP contribution in [0.1, 0.15) is 48.0 Å². The molecule has 0 aromatic rings. The summed E-state index contributed by atoms with van der Waals surface area (Å²) in [6, 6.07) is 0. The van der Waals surface area contributed by atoms with Gasteiger partial charge in [0.05, 0.1) is 6.10 Å². The maximum Gasteiger partial charge on any atom is 0.254 e. The Morgan fingerprint density at radius 2 is 1.84 bits per heavy atom. The lowest BCUT2D eigenvalue weighted by Crippen LogP contribution is -2.36. The molecule has 0 spiro atoms. The second-order valence-electron chi connectivity index (χ2n) is 4.69. The monoisotopic (exact) mass is 355 g/mol. The molecule has 0 saturated heterocycles. The van der Waals surface area contributed by atoms with Crippen LogP contribution in [0.2, 0.25) is 0 Å². The molecule has 146 valence electrons. The molecule has 5 heteroatoms. The summed E-state index contributed by atoms with van der Waals surface area (Å²) < 4.78 is 4.54. The number of rotatable bonds is 5. The first kappa shape index (κ1) is 28.1. The number of ether oxygens (including phenoxy) is 1. The van der Waals surface area contributed by atoms with Gasteiger partial charge in [-0.1, -0.05) is 38.7 Å². The second-order valence-corrected chi connectivity index (χ2v) is 4.69. The zero-order chi connectivity index (χ0) is 20.3. The number of amides is 1. The molecule has 1 unspecified atom stereocenters. The van der Waals surface area contributed by atoms with Crippen LogP contribution in [-0.2, 0) is 14.3 Å². The highest BCUT2D eigenvalue weighted by molar-refractivity contribution is 5.98. The van der Waals surface area contributed by atoms with Crippen LogP contribution in [0.3, 0.4) is 0 Å². The predicted octanol–water partition coefficient (Wildman–Crippen LogP) is 3.54. The van der Waals surface area contributed by atoms with Crippen molar-refractivity contribution in [1.29, 1.82) is 0 Å². The van der Waals surface area contributed by atoms with Crippen molar-refractivity contribution < 1.29 is 19.4 Å². The molecule has 1 heterocycles.